The number of aliphatic hydroxyl groups is 8. The lowest BCUT2D eigenvalue weighted by atomic mass is 9.99. The highest BCUT2D eigenvalue weighted by atomic mass is 16.7. The van der Waals surface area contributed by atoms with Crippen LogP contribution in [0, 0.1) is 0 Å². The van der Waals surface area contributed by atoms with E-state index in [9.17, 15) is 66.1 Å². The molecule has 0 spiro atoms. The maximum atomic E-state index is 13.4. The Hall–Kier alpha value is -3.95. The van der Waals surface area contributed by atoms with E-state index in [0.29, 0.717) is 0 Å². The molecule has 45 heavy (non-hydrogen) atoms. The minimum Gasteiger partial charge on any atom is -0.508 e. The monoisotopic (exact) mass is 642 g/mol. The number of ether oxygens (including phenoxy) is 4. The second kappa shape index (κ2) is 12.4. The zero-order chi connectivity index (χ0) is 32.9. The molecule has 0 bridgehead atoms. The summed E-state index contributed by atoms with van der Waals surface area (Å²) in [5.41, 5.74) is -2.12. The second-order valence-corrected chi connectivity index (χ2v) is 10.3. The van der Waals surface area contributed by atoms with Gasteiger partial charge in [0.15, 0.2) is 17.1 Å². The maximum Gasteiger partial charge on any atom is 0.239 e. The lowest BCUT2D eigenvalue weighted by Gasteiger charge is -2.40. The van der Waals surface area contributed by atoms with Gasteiger partial charge in [0, 0.05) is 5.56 Å². The Bertz CT molecular complexity index is 1590. The van der Waals surface area contributed by atoms with E-state index in [2.05, 4.69) is 0 Å². The van der Waals surface area contributed by atoms with Crippen LogP contribution in [-0.4, -0.2) is 136 Å². The molecule has 2 aliphatic heterocycles. The molecule has 2 aliphatic rings. The van der Waals surface area contributed by atoms with Crippen LogP contribution < -0.4 is 14.9 Å². The first-order valence-electron chi connectivity index (χ1n) is 13.3. The summed E-state index contributed by atoms with van der Waals surface area (Å²) in [6, 6.07) is 4.87. The van der Waals surface area contributed by atoms with Gasteiger partial charge < -0.3 is 84.6 Å². The molecular weight excluding hydrogens is 612 g/mol. The minimum atomic E-state index is -2.06. The minimum absolute atomic E-state index is 0.0173. The molecular formula is C27H30O18. The molecule has 3 heterocycles. The van der Waals surface area contributed by atoms with Crippen molar-refractivity contribution in [2.45, 2.75) is 61.4 Å². The van der Waals surface area contributed by atoms with Gasteiger partial charge in [0.05, 0.1) is 13.2 Å². The van der Waals surface area contributed by atoms with Crippen molar-refractivity contribution >= 4 is 11.0 Å². The predicted octanol–water partition coefficient (Wildman–Crippen LogP) is -3.36. The molecule has 18 heteroatoms. The summed E-state index contributed by atoms with van der Waals surface area (Å²) in [6.07, 6.45) is -18.7. The Morgan fingerprint density at radius 1 is 0.622 bits per heavy atom. The molecule has 2 fully saturated rings. The van der Waals surface area contributed by atoms with Gasteiger partial charge in [-0.3, -0.25) is 4.79 Å². The van der Waals surface area contributed by atoms with Gasteiger partial charge in [-0.2, -0.15) is 0 Å². The van der Waals surface area contributed by atoms with Gasteiger partial charge in [0.25, 0.3) is 0 Å². The largest absolute Gasteiger partial charge is 0.508 e. The van der Waals surface area contributed by atoms with Crippen molar-refractivity contribution in [1.29, 1.82) is 0 Å². The molecule has 2 saturated heterocycles. The first-order valence-corrected chi connectivity index (χ1v) is 13.3. The van der Waals surface area contributed by atoms with Crippen LogP contribution in [0.2, 0.25) is 0 Å². The highest BCUT2D eigenvalue weighted by Crippen LogP contribution is 2.52. The van der Waals surface area contributed by atoms with Gasteiger partial charge in [-0.05, 0) is 24.3 Å². The molecule has 0 radical (unpaired) electrons. The van der Waals surface area contributed by atoms with Gasteiger partial charge in [0.1, 0.15) is 60.0 Å². The Balaban J connectivity index is 1.70. The molecule has 1 aromatic heterocycles. The van der Waals surface area contributed by atoms with E-state index >= 15 is 0 Å². The quantitative estimate of drug-likeness (QED) is 0.120. The molecule has 18 nitrogen and oxygen atoms in total. The predicted molar refractivity (Wildman–Crippen MR) is 143 cm³/mol. The fourth-order valence-electron chi connectivity index (χ4n) is 4.93. The van der Waals surface area contributed by atoms with Gasteiger partial charge in [-0.1, -0.05) is 0 Å². The Kier molecular flexibility index (Phi) is 8.97. The van der Waals surface area contributed by atoms with Crippen molar-refractivity contribution in [1.82, 2.24) is 0 Å². The van der Waals surface area contributed by atoms with Gasteiger partial charge in [-0.15, -0.1) is 0 Å². The van der Waals surface area contributed by atoms with E-state index in [-0.39, 0.29) is 11.3 Å². The van der Waals surface area contributed by atoms with Crippen LogP contribution in [0.1, 0.15) is 0 Å². The van der Waals surface area contributed by atoms with Crippen molar-refractivity contribution in [3.05, 3.63) is 34.5 Å². The number of phenolic OH excluding ortho intramolecular Hbond substituents is 3. The Morgan fingerprint density at radius 3 is 1.60 bits per heavy atom. The number of fused-ring (bicyclic) bond motifs is 1. The van der Waals surface area contributed by atoms with Gasteiger partial charge in [0.2, 0.25) is 41.0 Å². The normalized spacial score (nSPS) is 32.0. The first-order chi connectivity index (χ1) is 21.3. The second-order valence-electron chi connectivity index (χ2n) is 10.3. The van der Waals surface area contributed by atoms with Crippen LogP contribution in [0.15, 0.2) is 33.5 Å². The van der Waals surface area contributed by atoms with Gasteiger partial charge >= 0.3 is 0 Å². The standard InChI is InChI=1S/C27H30O18/c28-5-9-12(31)16(35)19(38)26(41-9)44-24-15(34)11-14(33)18(37)22(7-1-3-8(30)4-2-7)43-23(11)25(21(24)40)45-27-20(39)17(36)13(32)10(6-29)42-27/h1-4,9-10,12-13,16-17,19-20,26-32,34-40H,5-6H2. The maximum absolute atomic E-state index is 13.4. The molecule has 12 N–H and O–H groups in total. The molecule has 0 aliphatic carbocycles. The highest BCUT2D eigenvalue weighted by molar-refractivity contribution is 5.96. The molecule has 10 unspecified atom stereocenters. The third-order valence-electron chi connectivity index (χ3n) is 7.47. The zero-order valence-electron chi connectivity index (χ0n) is 22.8. The third-order valence-corrected chi connectivity index (χ3v) is 7.47. The highest BCUT2D eigenvalue weighted by Gasteiger charge is 2.47. The number of aromatic hydroxyl groups is 4. The first kappa shape index (κ1) is 32.4. The summed E-state index contributed by atoms with van der Waals surface area (Å²) in [5, 5.41) is 122. The lowest BCUT2D eigenvalue weighted by molar-refractivity contribution is -0.279. The summed E-state index contributed by atoms with van der Waals surface area (Å²) in [4.78, 5) is 13.4. The molecule has 2 aromatic carbocycles. The van der Waals surface area contributed by atoms with Crippen LogP contribution >= 0.6 is 0 Å². The number of benzene rings is 2. The average molecular weight is 643 g/mol. The molecule has 246 valence electrons. The Morgan fingerprint density at radius 2 is 1.11 bits per heavy atom. The van der Waals surface area contributed by atoms with E-state index in [1.54, 1.807) is 0 Å². The van der Waals surface area contributed by atoms with E-state index in [4.69, 9.17) is 23.4 Å². The van der Waals surface area contributed by atoms with Crippen molar-refractivity contribution in [2.24, 2.45) is 0 Å². The van der Waals surface area contributed by atoms with Crippen LogP contribution in [0.4, 0.5) is 0 Å². The van der Waals surface area contributed by atoms with Crippen molar-refractivity contribution < 1.29 is 84.6 Å². The lowest BCUT2D eigenvalue weighted by Crippen LogP contribution is -2.60. The van der Waals surface area contributed by atoms with Crippen LogP contribution in [0.3, 0.4) is 0 Å². The number of rotatable bonds is 7. The SMILES string of the molecule is O=c1c(O)c(-c2ccc(O)cc2)oc2c(OC3OC(CO)C(O)C(O)C3O)c(O)c(OC3OC(CO)C(O)C(O)C3O)c(O)c12. The fraction of sp³-hybridized carbons (Fsp3) is 0.444. The topological polar surface area (TPSA) is 310 Å². The summed E-state index contributed by atoms with van der Waals surface area (Å²) in [5.74, 6) is -6.28. The number of phenols is 3. The molecule has 3 aromatic rings. The van der Waals surface area contributed by atoms with Crippen molar-refractivity contribution in [3.8, 4) is 45.8 Å². The van der Waals surface area contributed by atoms with Crippen LogP contribution in [0.25, 0.3) is 22.3 Å². The summed E-state index contributed by atoms with van der Waals surface area (Å²) in [7, 11) is 0. The van der Waals surface area contributed by atoms with Crippen molar-refractivity contribution in [2.75, 3.05) is 13.2 Å². The van der Waals surface area contributed by atoms with Crippen LogP contribution in [-0.2, 0) is 9.47 Å². The van der Waals surface area contributed by atoms with E-state index in [1.165, 1.54) is 24.3 Å². The van der Waals surface area contributed by atoms with Crippen LogP contribution in [0.5, 0.6) is 34.5 Å². The Labute approximate surface area is 250 Å². The summed E-state index contributed by atoms with van der Waals surface area (Å²) >= 11 is 0. The molecule has 5 rings (SSSR count). The average Bonchev–Trinajstić information content (AvgIpc) is 3.02. The summed E-state index contributed by atoms with van der Waals surface area (Å²) in [6.45, 7) is -1.74. The van der Waals surface area contributed by atoms with E-state index < -0.39 is 126 Å². The molecule has 10 atom stereocenters. The zero-order valence-corrected chi connectivity index (χ0v) is 22.8. The third kappa shape index (κ3) is 5.57. The molecule has 0 amide bonds. The molecule has 0 saturated carbocycles. The fourth-order valence-corrected chi connectivity index (χ4v) is 4.93. The van der Waals surface area contributed by atoms with E-state index in [1.807, 2.05) is 0 Å². The number of aliphatic hydroxyl groups excluding tert-OH is 8. The summed E-state index contributed by atoms with van der Waals surface area (Å²) < 4.78 is 27.2. The number of hydrogen-bond acceptors (Lipinski definition) is 18. The van der Waals surface area contributed by atoms with E-state index in [0.717, 1.165) is 0 Å². The van der Waals surface area contributed by atoms with Crippen molar-refractivity contribution in [3.63, 3.8) is 0 Å². The smallest absolute Gasteiger partial charge is 0.239 e. The number of hydrogen-bond donors (Lipinski definition) is 12. The van der Waals surface area contributed by atoms with Gasteiger partial charge in [-0.25, -0.2) is 0 Å².